The van der Waals surface area contributed by atoms with Gasteiger partial charge < -0.3 is 4.42 Å². The third-order valence-corrected chi connectivity index (χ3v) is 2.58. The molecule has 3 nitrogen and oxygen atoms in total. The van der Waals surface area contributed by atoms with E-state index in [1.54, 1.807) is 24.5 Å². The van der Waals surface area contributed by atoms with Gasteiger partial charge in [0.05, 0.1) is 5.39 Å². The second kappa shape index (κ2) is 3.87. The lowest BCUT2D eigenvalue weighted by molar-refractivity contribution is 0.618. The molecule has 3 rings (SSSR count). The molecule has 0 atom stereocenters. The standard InChI is InChI=1S/C14H9NO2/c16-12-8-14(10-4-3-7-15-9-10)17-13-6-2-1-5-11(12)13/h1-9H. The summed E-state index contributed by atoms with van der Waals surface area (Å²) >= 11 is 0. The zero-order chi connectivity index (χ0) is 11.7. The van der Waals surface area contributed by atoms with Gasteiger partial charge in [0.1, 0.15) is 11.3 Å². The predicted octanol–water partition coefficient (Wildman–Crippen LogP) is 2.86. The lowest BCUT2D eigenvalue weighted by atomic mass is 10.1. The monoisotopic (exact) mass is 223 g/mol. The summed E-state index contributed by atoms with van der Waals surface area (Å²) in [5.74, 6) is 0.543. The molecule has 0 aliphatic heterocycles. The first kappa shape index (κ1) is 9.78. The average molecular weight is 223 g/mol. The number of fused-ring (bicyclic) bond motifs is 1. The van der Waals surface area contributed by atoms with Crippen molar-refractivity contribution in [2.45, 2.75) is 0 Å². The molecule has 0 unspecified atom stereocenters. The summed E-state index contributed by atoms with van der Waals surface area (Å²) in [4.78, 5) is 15.9. The SMILES string of the molecule is O=c1cc(-c2cccnc2)oc2ccccc12. The summed E-state index contributed by atoms with van der Waals surface area (Å²) in [5.41, 5.74) is 1.36. The van der Waals surface area contributed by atoms with Crippen molar-refractivity contribution in [3.05, 3.63) is 65.1 Å². The van der Waals surface area contributed by atoms with E-state index in [1.807, 2.05) is 24.3 Å². The first-order chi connectivity index (χ1) is 8.34. The van der Waals surface area contributed by atoms with Crippen LogP contribution >= 0.6 is 0 Å². The summed E-state index contributed by atoms with van der Waals surface area (Å²) in [5, 5.41) is 0.597. The molecule has 0 aliphatic rings. The highest BCUT2D eigenvalue weighted by Gasteiger charge is 2.05. The first-order valence-electron chi connectivity index (χ1n) is 5.28. The van der Waals surface area contributed by atoms with E-state index in [0.29, 0.717) is 16.7 Å². The van der Waals surface area contributed by atoms with Crippen LogP contribution in [0.2, 0.25) is 0 Å². The summed E-state index contributed by atoms with van der Waals surface area (Å²) in [6.07, 6.45) is 3.36. The van der Waals surface area contributed by atoms with Gasteiger partial charge in [-0.2, -0.15) is 0 Å². The largest absolute Gasteiger partial charge is 0.456 e. The molecule has 2 heterocycles. The lowest BCUT2D eigenvalue weighted by Crippen LogP contribution is -1.99. The Morgan fingerprint density at radius 2 is 1.94 bits per heavy atom. The number of hydrogen-bond donors (Lipinski definition) is 0. The minimum absolute atomic E-state index is 0.0364. The van der Waals surface area contributed by atoms with Crippen molar-refractivity contribution in [3.63, 3.8) is 0 Å². The maximum Gasteiger partial charge on any atom is 0.193 e. The molecular weight excluding hydrogens is 214 g/mol. The second-order valence-corrected chi connectivity index (χ2v) is 3.71. The van der Waals surface area contributed by atoms with Crippen LogP contribution in [-0.2, 0) is 0 Å². The summed E-state index contributed by atoms with van der Waals surface area (Å²) in [6, 6.07) is 12.4. The summed E-state index contributed by atoms with van der Waals surface area (Å²) in [7, 11) is 0. The van der Waals surface area contributed by atoms with Crippen molar-refractivity contribution in [3.8, 4) is 11.3 Å². The van der Waals surface area contributed by atoms with Crippen molar-refractivity contribution < 1.29 is 4.42 Å². The Labute approximate surface area is 97.4 Å². The topological polar surface area (TPSA) is 43.1 Å². The van der Waals surface area contributed by atoms with E-state index in [2.05, 4.69) is 4.98 Å². The van der Waals surface area contributed by atoms with Gasteiger partial charge in [0.2, 0.25) is 0 Å². The van der Waals surface area contributed by atoms with Gasteiger partial charge in [0.15, 0.2) is 5.43 Å². The Kier molecular flexibility index (Phi) is 2.22. The fourth-order valence-electron chi connectivity index (χ4n) is 1.75. The van der Waals surface area contributed by atoms with Crippen LogP contribution < -0.4 is 5.43 Å². The minimum atomic E-state index is -0.0364. The van der Waals surface area contributed by atoms with Crippen molar-refractivity contribution in [1.29, 1.82) is 0 Å². The van der Waals surface area contributed by atoms with Gasteiger partial charge >= 0.3 is 0 Å². The van der Waals surface area contributed by atoms with Gasteiger partial charge in [-0.3, -0.25) is 9.78 Å². The van der Waals surface area contributed by atoms with Crippen LogP contribution in [0.15, 0.2) is 64.1 Å². The van der Waals surface area contributed by atoms with Gasteiger partial charge in [-0.05, 0) is 24.3 Å². The van der Waals surface area contributed by atoms with Crippen molar-refractivity contribution in [1.82, 2.24) is 4.98 Å². The van der Waals surface area contributed by atoms with Gasteiger partial charge in [-0.1, -0.05) is 12.1 Å². The van der Waals surface area contributed by atoms with Gasteiger partial charge in [-0.25, -0.2) is 0 Å². The molecule has 2 aromatic heterocycles. The highest BCUT2D eigenvalue weighted by atomic mass is 16.3. The highest BCUT2D eigenvalue weighted by molar-refractivity contribution is 5.78. The Morgan fingerprint density at radius 3 is 2.76 bits per heavy atom. The minimum Gasteiger partial charge on any atom is -0.456 e. The van der Waals surface area contributed by atoms with Gasteiger partial charge in [-0.15, -0.1) is 0 Å². The summed E-state index contributed by atoms with van der Waals surface area (Å²) < 4.78 is 5.69. The Hall–Kier alpha value is -2.42. The van der Waals surface area contributed by atoms with E-state index in [-0.39, 0.29) is 5.43 Å². The number of para-hydroxylation sites is 1. The van der Waals surface area contributed by atoms with Crippen LogP contribution in [0.5, 0.6) is 0 Å². The van der Waals surface area contributed by atoms with Crippen LogP contribution in [0, 0.1) is 0 Å². The molecule has 0 amide bonds. The number of rotatable bonds is 1. The molecule has 3 aromatic rings. The van der Waals surface area contributed by atoms with E-state index in [4.69, 9.17) is 4.42 Å². The van der Waals surface area contributed by atoms with Crippen LogP contribution in [0.1, 0.15) is 0 Å². The first-order valence-corrected chi connectivity index (χ1v) is 5.28. The molecular formula is C14H9NO2. The van der Waals surface area contributed by atoms with Crippen molar-refractivity contribution >= 4 is 11.0 Å². The molecule has 0 spiro atoms. The normalized spacial score (nSPS) is 10.6. The number of aromatic nitrogens is 1. The van der Waals surface area contributed by atoms with Crippen molar-refractivity contribution in [2.24, 2.45) is 0 Å². The molecule has 17 heavy (non-hydrogen) atoms. The Bertz CT molecular complexity index is 717. The van der Waals surface area contributed by atoms with Gasteiger partial charge in [0.25, 0.3) is 0 Å². The van der Waals surface area contributed by atoms with E-state index in [1.165, 1.54) is 6.07 Å². The van der Waals surface area contributed by atoms with E-state index < -0.39 is 0 Å². The fourth-order valence-corrected chi connectivity index (χ4v) is 1.75. The van der Waals surface area contributed by atoms with E-state index >= 15 is 0 Å². The highest BCUT2D eigenvalue weighted by Crippen LogP contribution is 2.20. The van der Waals surface area contributed by atoms with Gasteiger partial charge in [0, 0.05) is 24.0 Å². The zero-order valence-electron chi connectivity index (χ0n) is 8.96. The molecule has 0 saturated carbocycles. The number of nitrogens with zero attached hydrogens (tertiary/aromatic N) is 1. The molecule has 0 fully saturated rings. The molecule has 0 bridgehead atoms. The Balaban J connectivity index is 2.30. The quantitative estimate of drug-likeness (QED) is 0.637. The number of pyridine rings is 1. The molecule has 82 valence electrons. The predicted molar refractivity (Wildman–Crippen MR) is 65.7 cm³/mol. The van der Waals surface area contributed by atoms with Crippen LogP contribution in [0.3, 0.4) is 0 Å². The average Bonchev–Trinajstić information content (AvgIpc) is 2.40. The lowest BCUT2D eigenvalue weighted by Gasteiger charge is -2.01. The molecule has 0 N–H and O–H groups in total. The molecule has 0 saturated heterocycles. The second-order valence-electron chi connectivity index (χ2n) is 3.71. The van der Waals surface area contributed by atoms with Crippen LogP contribution in [0.25, 0.3) is 22.3 Å². The zero-order valence-corrected chi connectivity index (χ0v) is 8.96. The Morgan fingerprint density at radius 1 is 1.06 bits per heavy atom. The number of hydrogen-bond acceptors (Lipinski definition) is 3. The fraction of sp³-hybridized carbons (Fsp3) is 0. The summed E-state index contributed by atoms with van der Waals surface area (Å²) in [6.45, 7) is 0. The molecule has 0 radical (unpaired) electrons. The number of benzene rings is 1. The third-order valence-electron chi connectivity index (χ3n) is 2.58. The maximum atomic E-state index is 11.9. The van der Waals surface area contributed by atoms with Crippen LogP contribution in [-0.4, -0.2) is 4.98 Å². The maximum absolute atomic E-state index is 11.9. The smallest absolute Gasteiger partial charge is 0.193 e. The van der Waals surface area contributed by atoms with Crippen LogP contribution in [0.4, 0.5) is 0 Å². The molecule has 1 aromatic carbocycles. The van der Waals surface area contributed by atoms with E-state index in [9.17, 15) is 4.79 Å². The molecule has 0 aliphatic carbocycles. The van der Waals surface area contributed by atoms with Crippen molar-refractivity contribution in [2.75, 3.05) is 0 Å². The third kappa shape index (κ3) is 1.72. The van der Waals surface area contributed by atoms with E-state index in [0.717, 1.165) is 5.56 Å². The molecule has 3 heteroatoms.